The zero-order valence-corrected chi connectivity index (χ0v) is 18.8. The first kappa shape index (κ1) is 25.3. The predicted molar refractivity (Wildman–Crippen MR) is 127 cm³/mol. The molecule has 3 aromatic carbocycles. The molecule has 4 rings (SSSR count). The number of carbonyl (C=O) groups excluding carboxylic acids is 2. The monoisotopic (exact) mass is 509 g/mol. The third-order valence-corrected chi connectivity index (χ3v) is 5.28. The lowest BCUT2D eigenvalue weighted by atomic mass is 10.0. The van der Waals surface area contributed by atoms with Crippen molar-refractivity contribution in [3.8, 4) is 0 Å². The van der Waals surface area contributed by atoms with Gasteiger partial charge in [0.05, 0.1) is 17.2 Å². The third-order valence-electron chi connectivity index (χ3n) is 5.28. The lowest BCUT2D eigenvalue weighted by molar-refractivity contribution is -0.167. The molecule has 1 aromatic heterocycles. The fourth-order valence-electron chi connectivity index (χ4n) is 3.50. The van der Waals surface area contributed by atoms with Gasteiger partial charge in [-0.1, -0.05) is 48.5 Å². The summed E-state index contributed by atoms with van der Waals surface area (Å²) in [6, 6.07) is 16.5. The number of fused-ring (bicyclic) bond motifs is 1. The second-order valence-electron chi connectivity index (χ2n) is 7.75. The number of carbonyl (C=O) groups is 2. The van der Waals surface area contributed by atoms with Gasteiger partial charge in [-0.3, -0.25) is 19.6 Å². The van der Waals surface area contributed by atoms with E-state index in [1.165, 1.54) is 30.3 Å². The van der Waals surface area contributed by atoms with E-state index in [-0.39, 0.29) is 32.8 Å². The molecule has 9 nitrogen and oxygen atoms in total. The number of hydrazone groups is 1. The first-order chi connectivity index (χ1) is 17.6. The molecule has 37 heavy (non-hydrogen) atoms. The summed E-state index contributed by atoms with van der Waals surface area (Å²) in [5.41, 5.74) is -1.41. The number of nitrogens with one attached hydrogen (secondary N) is 2. The van der Waals surface area contributed by atoms with Crippen LogP contribution in [-0.2, 0) is 11.0 Å². The summed E-state index contributed by atoms with van der Waals surface area (Å²) in [5, 5.41) is 22.8. The zero-order valence-electron chi connectivity index (χ0n) is 18.8. The molecule has 0 radical (unpaired) electrons. The fraction of sp³-hybridized carbons (Fsp3) is 0.0800. The van der Waals surface area contributed by atoms with Crippen molar-refractivity contribution < 1.29 is 28.0 Å². The summed E-state index contributed by atoms with van der Waals surface area (Å²) in [4.78, 5) is 38.3. The second-order valence-corrected chi connectivity index (χ2v) is 7.75. The average Bonchev–Trinajstić information content (AvgIpc) is 2.90. The van der Waals surface area contributed by atoms with Crippen LogP contribution in [0, 0.1) is 0 Å². The van der Waals surface area contributed by atoms with Crippen LogP contribution < -0.4 is 10.9 Å². The molecule has 0 bridgehead atoms. The zero-order chi connectivity index (χ0) is 26.6. The number of hydrogen-bond acceptors (Lipinski definition) is 6. The minimum atomic E-state index is -4.59. The quantitative estimate of drug-likeness (QED) is 0.208. The molecule has 0 spiro atoms. The molecule has 0 aliphatic rings. The largest absolute Gasteiger partial charge is 0.416 e. The molecular formula is C25H18F3N5O4. The molecular weight excluding hydrogens is 491 g/mol. The van der Waals surface area contributed by atoms with Crippen molar-refractivity contribution in [2.45, 2.75) is 12.2 Å². The van der Waals surface area contributed by atoms with Gasteiger partial charge >= 0.3 is 6.18 Å². The van der Waals surface area contributed by atoms with Crippen molar-refractivity contribution in [3.63, 3.8) is 0 Å². The van der Waals surface area contributed by atoms with Gasteiger partial charge in [-0.2, -0.15) is 23.4 Å². The number of H-pyrrole nitrogens is 1. The van der Waals surface area contributed by atoms with Crippen LogP contribution in [0.15, 0.2) is 88.8 Å². The van der Waals surface area contributed by atoms with E-state index in [1.807, 2.05) is 0 Å². The van der Waals surface area contributed by atoms with Gasteiger partial charge in [-0.15, -0.1) is 5.17 Å². The highest BCUT2D eigenvalue weighted by Crippen LogP contribution is 2.29. The molecule has 4 aromatic rings. The molecule has 1 heterocycles. The van der Waals surface area contributed by atoms with E-state index < -0.39 is 35.2 Å². The van der Waals surface area contributed by atoms with Crippen molar-refractivity contribution in [3.05, 3.63) is 112 Å². The highest BCUT2D eigenvalue weighted by Gasteiger charge is 2.32. The number of hydroxylamine groups is 1. The van der Waals surface area contributed by atoms with E-state index in [1.54, 1.807) is 30.3 Å². The molecule has 0 saturated heterocycles. The number of hydrogen-bond donors (Lipinski definition) is 3. The van der Waals surface area contributed by atoms with E-state index in [9.17, 15) is 32.8 Å². The van der Waals surface area contributed by atoms with Crippen molar-refractivity contribution in [2.24, 2.45) is 5.10 Å². The number of aromatic amines is 1. The molecule has 0 fully saturated rings. The molecule has 2 amide bonds. The van der Waals surface area contributed by atoms with Crippen LogP contribution in [-0.4, -0.2) is 38.6 Å². The minimum Gasteiger partial charge on any atom is -0.335 e. The van der Waals surface area contributed by atoms with Crippen molar-refractivity contribution >= 4 is 28.8 Å². The maximum Gasteiger partial charge on any atom is 0.416 e. The molecule has 0 aliphatic heterocycles. The van der Waals surface area contributed by atoms with Gasteiger partial charge in [0.2, 0.25) is 0 Å². The Bertz CT molecular complexity index is 1540. The smallest absolute Gasteiger partial charge is 0.335 e. The van der Waals surface area contributed by atoms with E-state index in [2.05, 4.69) is 20.6 Å². The number of aromatic nitrogens is 2. The van der Waals surface area contributed by atoms with Crippen molar-refractivity contribution in [1.29, 1.82) is 0 Å². The van der Waals surface area contributed by atoms with E-state index in [0.717, 1.165) is 24.4 Å². The number of amides is 2. The molecule has 0 saturated carbocycles. The van der Waals surface area contributed by atoms with Gasteiger partial charge in [0.15, 0.2) is 6.04 Å². The van der Waals surface area contributed by atoms with Crippen LogP contribution in [0.25, 0.3) is 10.8 Å². The lowest BCUT2D eigenvalue weighted by Crippen LogP contribution is -2.41. The highest BCUT2D eigenvalue weighted by molar-refractivity contribution is 5.99. The molecule has 1 atom stereocenters. The van der Waals surface area contributed by atoms with E-state index >= 15 is 0 Å². The molecule has 0 aliphatic carbocycles. The van der Waals surface area contributed by atoms with Gasteiger partial charge in [0.1, 0.15) is 5.69 Å². The molecule has 188 valence electrons. The van der Waals surface area contributed by atoms with Gasteiger partial charge < -0.3 is 5.32 Å². The van der Waals surface area contributed by atoms with Crippen LogP contribution in [0.1, 0.15) is 33.2 Å². The Morgan fingerprint density at radius 2 is 1.68 bits per heavy atom. The normalized spacial score (nSPS) is 12.4. The summed E-state index contributed by atoms with van der Waals surface area (Å²) in [7, 11) is 0. The minimum absolute atomic E-state index is 0.0424. The lowest BCUT2D eigenvalue weighted by Gasteiger charge is -2.20. The number of halogens is 3. The standard InChI is InChI=1S/C25H18F3N5O4/c26-25(27,28)17-10-6-7-15(13-17)14-29-33(37)24(36)21(30-22(34)16-8-2-1-3-9-16)20-18-11-4-5-12-19(18)23(35)32-31-20/h1-14,21,37H,(H,30,34)(H,32,35). The van der Waals surface area contributed by atoms with Gasteiger partial charge in [0, 0.05) is 10.9 Å². The van der Waals surface area contributed by atoms with Crippen LogP contribution in [0.5, 0.6) is 0 Å². The Balaban J connectivity index is 1.69. The third kappa shape index (κ3) is 5.70. The van der Waals surface area contributed by atoms with Crippen LogP contribution in [0.3, 0.4) is 0 Å². The Morgan fingerprint density at radius 3 is 2.38 bits per heavy atom. The van der Waals surface area contributed by atoms with Gasteiger partial charge in [0.25, 0.3) is 17.4 Å². The average molecular weight is 509 g/mol. The number of nitrogens with zero attached hydrogens (tertiary/aromatic N) is 3. The number of alkyl halides is 3. The Kier molecular flexibility index (Phi) is 7.11. The SMILES string of the molecule is O=C(NC(C(=O)N(O)N=Cc1cccc(C(F)(F)F)c1)c1n[nH]c(=O)c2ccccc12)c1ccccc1. The van der Waals surface area contributed by atoms with Crippen LogP contribution >= 0.6 is 0 Å². The summed E-state index contributed by atoms with van der Waals surface area (Å²) in [5.74, 6) is -1.87. The van der Waals surface area contributed by atoms with Gasteiger partial charge in [-0.25, -0.2) is 5.10 Å². The Hall–Kier alpha value is -4.84. The number of rotatable bonds is 6. The second kappa shape index (κ2) is 10.4. The van der Waals surface area contributed by atoms with E-state index in [4.69, 9.17) is 0 Å². The van der Waals surface area contributed by atoms with E-state index in [0.29, 0.717) is 0 Å². The van der Waals surface area contributed by atoms with Crippen molar-refractivity contribution in [1.82, 2.24) is 20.7 Å². The maximum absolute atomic E-state index is 13.2. The van der Waals surface area contributed by atoms with Crippen LogP contribution in [0.4, 0.5) is 13.2 Å². The Morgan fingerprint density at radius 1 is 1.00 bits per heavy atom. The predicted octanol–water partition coefficient (Wildman–Crippen LogP) is 3.66. The highest BCUT2D eigenvalue weighted by atomic mass is 19.4. The fourth-order valence-corrected chi connectivity index (χ4v) is 3.50. The topological polar surface area (TPSA) is 128 Å². The summed E-state index contributed by atoms with van der Waals surface area (Å²) < 4.78 is 38.9. The van der Waals surface area contributed by atoms with Gasteiger partial charge in [-0.05, 0) is 35.9 Å². The summed E-state index contributed by atoms with van der Waals surface area (Å²) in [6.45, 7) is 0. The first-order valence-electron chi connectivity index (χ1n) is 10.7. The summed E-state index contributed by atoms with van der Waals surface area (Å²) >= 11 is 0. The number of benzene rings is 3. The Labute approximate surface area is 206 Å². The maximum atomic E-state index is 13.2. The summed E-state index contributed by atoms with van der Waals surface area (Å²) in [6.07, 6.45) is -3.75. The molecule has 12 heteroatoms. The molecule has 1 unspecified atom stereocenters. The molecule has 3 N–H and O–H groups in total. The first-order valence-corrected chi connectivity index (χ1v) is 10.7. The van der Waals surface area contributed by atoms with Crippen LogP contribution in [0.2, 0.25) is 0 Å². The van der Waals surface area contributed by atoms with Crippen molar-refractivity contribution in [2.75, 3.05) is 0 Å².